The van der Waals surface area contributed by atoms with Gasteiger partial charge in [-0.25, -0.2) is 16.8 Å². The molecular formula is C24H34N6O12S2. The van der Waals surface area contributed by atoms with Crippen LogP contribution < -0.4 is 10.6 Å². The monoisotopic (exact) mass is 662 g/mol. The molecule has 0 amide bonds. The summed E-state index contributed by atoms with van der Waals surface area (Å²) in [6.45, 7) is 9.58. The first kappa shape index (κ1) is 37.6. The molecule has 44 heavy (non-hydrogen) atoms. The summed E-state index contributed by atoms with van der Waals surface area (Å²) in [5.41, 5.74) is -3.21. The van der Waals surface area contributed by atoms with Crippen molar-refractivity contribution in [2.45, 2.75) is 76.3 Å². The third-order valence-corrected chi connectivity index (χ3v) is 8.98. The predicted molar refractivity (Wildman–Crippen MR) is 162 cm³/mol. The van der Waals surface area contributed by atoms with Crippen molar-refractivity contribution in [3.8, 4) is 0 Å². The van der Waals surface area contributed by atoms with Gasteiger partial charge in [-0.2, -0.15) is 0 Å². The van der Waals surface area contributed by atoms with Crippen LogP contribution in [0.15, 0.2) is 21.9 Å². The third-order valence-electron chi connectivity index (χ3n) is 6.53. The zero-order valence-electron chi connectivity index (χ0n) is 25.2. The Morgan fingerprint density at radius 1 is 0.636 bits per heavy atom. The lowest BCUT2D eigenvalue weighted by atomic mass is 10.1. The number of anilines is 2. The Bertz CT molecular complexity index is 1580. The number of hydrogen-bond donors (Lipinski definition) is 2. The first-order chi connectivity index (χ1) is 20.0. The van der Waals surface area contributed by atoms with Gasteiger partial charge in [-0.05, 0) is 40.5 Å². The minimum absolute atomic E-state index is 0.121. The Kier molecular flexibility index (Phi) is 12.2. The Labute approximate surface area is 253 Å². The molecule has 0 saturated carbocycles. The molecule has 2 aromatic rings. The molecule has 2 aromatic carbocycles. The van der Waals surface area contributed by atoms with Crippen LogP contribution >= 0.6 is 0 Å². The highest BCUT2D eigenvalue weighted by atomic mass is 32.2. The lowest BCUT2D eigenvalue weighted by Gasteiger charge is -2.15. The Hall–Kier alpha value is -4.46. The van der Waals surface area contributed by atoms with Crippen LogP contribution in [-0.4, -0.2) is 61.1 Å². The van der Waals surface area contributed by atoms with Gasteiger partial charge >= 0.3 is 22.7 Å². The number of nitrogens with one attached hydrogen (secondary N) is 2. The molecule has 2 unspecified atom stereocenters. The number of rotatable bonds is 12. The van der Waals surface area contributed by atoms with Crippen molar-refractivity contribution in [1.82, 2.24) is 0 Å². The third kappa shape index (κ3) is 8.78. The van der Waals surface area contributed by atoms with Crippen LogP contribution in [0.3, 0.4) is 0 Å². The van der Waals surface area contributed by atoms with Crippen molar-refractivity contribution in [1.29, 1.82) is 0 Å². The second-order valence-corrected chi connectivity index (χ2v) is 13.9. The first-order valence-corrected chi connectivity index (χ1v) is 16.6. The second-order valence-electron chi connectivity index (χ2n) is 9.96. The van der Waals surface area contributed by atoms with Gasteiger partial charge in [-0.3, -0.25) is 40.5 Å². The molecule has 0 heterocycles. The van der Waals surface area contributed by atoms with E-state index >= 15 is 0 Å². The van der Waals surface area contributed by atoms with E-state index in [9.17, 15) is 57.3 Å². The molecule has 0 saturated heterocycles. The van der Waals surface area contributed by atoms with Crippen LogP contribution in [0.5, 0.6) is 0 Å². The van der Waals surface area contributed by atoms with Crippen LogP contribution in [0.4, 0.5) is 34.1 Å². The summed E-state index contributed by atoms with van der Waals surface area (Å²) in [4.78, 5) is 40.9. The maximum atomic E-state index is 11.7. The Morgan fingerprint density at radius 2 is 0.909 bits per heavy atom. The van der Waals surface area contributed by atoms with Crippen molar-refractivity contribution in [2.24, 2.45) is 0 Å². The van der Waals surface area contributed by atoms with Gasteiger partial charge in [0.2, 0.25) is 0 Å². The van der Waals surface area contributed by atoms with E-state index in [-0.39, 0.29) is 34.6 Å². The van der Waals surface area contributed by atoms with Crippen molar-refractivity contribution in [3.05, 3.63) is 63.7 Å². The van der Waals surface area contributed by atoms with Crippen LogP contribution in [0.2, 0.25) is 0 Å². The molecule has 244 valence electrons. The zero-order valence-corrected chi connectivity index (χ0v) is 26.9. The van der Waals surface area contributed by atoms with Crippen molar-refractivity contribution in [2.75, 3.05) is 23.1 Å². The lowest BCUT2D eigenvalue weighted by molar-refractivity contribution is -0.393. The summed E-state index contributed by atoms with van der Waals surface area (Å²) in [6.07, 6.45) is 2.87. The molecule has 18 nitrogen and oxygen atoms in total. The van der Waals surface area contributed by atoms with E-state index in [1.54, 1.807) is 13.8 Å². The molecule has 0 aliphatic heterocycles. The van der Waals surface area contributed by atoms with Crippen molar-refractivity contribution in [3.63, 3.8) is 0 Å². The van der Waals surface area contributed by atoms with Crippen molar-refractivity contribution >= 4 is 53.8 Å². The topological polar surface area (TPSA) is 265 Å². The SMILES string of the molecule is CCC(C)Nc1c([N+](=O)[O-])cc(S(C)(=O)=O)c(C)c1[N+](=O)[O-].CCC(C)Nc1c([N+](=O)[O-])cc(S(C)(=O)=O)c(C)c1[N+](=O)[O-]. The molecule has 0 aliphatic carbocycles. The minimum Gasteiger partial charge on any atom is -0.371 e. The maximum absolute atomic E-state index is 11.7. The Morgan fingerprint density at radius 3 is 1.09 bits per heavy atom. The molecule has 0 spiro atoms. The van der Waals surface area contributed by atoms with E-state index < -0.39 is 71.9 Å². The fraction of sp³-hybridized carbons (Fsp3) is 0.500. The molecule has 0 aromatic heterocycles. The minimum atomic E-state index is -3.83. The van der Waals surface area contributed by atoms with E-state index in [0.717, 1.165) is 24.6 Å². The molecule has 2 N–H and O–H groups in total. The lowest BCUT2D eigenvalue weighted by Crippen LogP contribution is -2.17. The highest BCUT2D eigenvalue weighted by molar-refractivity contribution is 7.91. The number of sulfone groups is 2. The standard InChI is InChI=1S/2C12H17N3O6S/c2*1-5-7(2)13-11-9(14(16)17)6-10(22(4,20)21)8(3)12(11)15(18)19/h2*6-7,13H,5H2,1-4H3. The molecule has 2 atom stereocenters. The summed E-state index contributed by atoms with van der Waals surface area (Å²) < 4.78 is 46.9. The summed E-state index contributed by atoms with van der Waals surface area (Å²) >= 11 is 0. The average molecular weight is 663 g/mol. The van der Waals surface area contributed by atoms with E-state index in [1.165, 1.54) is 13.8 Å². The average Bonchev–Trinajstić information content (AvgIpc) is 2.86. The van der Waals surface area contributed by atoms with Gasteiger partial charge in [0.15, 0.2) is 31.0 Å². The molecule has 0 fully saturated rings. The normalized spacial score (nSPS) is 12.7. The molecule has 0 radical (unpaired) electrons. The zero-order chi connectivity index (χ0) is 34.5. The summed E-state index contributed by atoms with van der Waals surface area (Å²) in [7, 11) is -7.67. The number of hydrogen-bond acceptors (Lipinski definition) is 14. The van der Waals surface area contributed by atoms with Crippen LogP contribution in [0.25, 0.3) is 0 Å². The first-order valence-electron chi connectivity index (χ1n) is 12.9. The van der Waals surface area contributed by atoms with E-state index in [2.05, 4.69) is 10.6 Å². The summed E-state index contributed by atoms with van der Waals surface area (Å²) in [5.74, 6) is 0. The van der Waals surface area contributed by atoms with Crippen LogP contribution in [0, 0.1) is 54.3 Å². The van der Waals surface area contributed by atoms with Gasteiger partial charge in [-0.15, -0.1) is 0 Å². The maximum Gasteiger partial charge on any atom is 0.303 e. The highest BCUT2D eigenvalue weighted by Crippen LogP contribution is 2.42. The molecule has 0 aliphatic rings. The van der Waals surface area contributed by atoms with Crippen molar-refractivity contribution < 1.29 is 36.5 Å². The fourth-order valence-corrected chi connectivity index (χ4v) is 5.91. The quantitative estimate of drug-likeness (QED) is 0.227. The van der Waals surface area contributed by atoms with Crippen LogP contribution in [0.1, 0.15) is 51.7 Å². The van der Waals surface area contributed by atoms with Gasteiger partial charge < -0.3 is 10.6 Å². The number of nitro benzene ring substituents is 4. The summed E-state index contributed by atoms with van der Waals surface area (Å²) in [5, 5.41) is 50.5. The van der Waals surface area contributed by atoms with E-state index in [1.807, 2.05) is 13.8 Å². The highest BCUT2D eigenvalue weighted by Gasteiger charge is 2.35. The second kappa shape index (κ2) is 14.3. The predicted octanol–water partition coefficient (Wildman–Crippen LogP) is 4.85. The summed E-state index contributed by atoms with van der Waals surface area (Å²) in [6, 6.07) is 1.23. The van der Waals surface area contributed by atoms with E-state index in [0.29, 0.717) is 12.8 Å². The van der Waals surface area contributed by atoms with Gasteiger partial charge in [-0.1, -0.05) is 13.8 Å². The molecule has 2 rings (SSSR count). The molecule has 20 heteroatoms. The van der Waals surface area contributed by atoms with Crippen LogP contribution in [-0.2, 0) is 19.7 Å². The van der Waals surface area contributed by atoms with Gasteiger partial charge in [0.1, 0.15) is 0 Å². The molecule has 0 bridgehead atoms. The molecular weight excluding hydrogens is 628 g/mol. The number of benzene rings is 2. The number of nitro groups is 4. The fourth-order valence-electron chi connectivity index (χ4n) is 3.96. The smallest absolute Gasteiger partial charge is 0.303 e. The Balaban J connectivity index is 0.000000440. The van der Waals surface area contributed by atoms with E-state index in [4.69, 9.17) is 0 Å². The number of nitrogens with zero attached hydrogens (tertiary/aromatic N) is 4. The largest absolute Gasteiger partial charge is 0.371 e. The van der Waals surface area contributed by atoms with Gasteiger partial charge in [0.25, 0.3) is 0 Å². The van der Waals surface area contributed by atoms with Gasteiger partial charge in [0.05, 0.1) is 29.5 Å². The van der Waals surface area contributed by atoms with Gasteiger partial charge in [0, 0.05) is 47.9 Å².